The molecule has 27 nitrogen and oxygen atoms in total. The number of nitrogens with one attached hydrogen (secondary N) is 5. The summed E-state index contributed by atoms with van der Waals surface area (Å²) < 4.78 is 11.0. The minimum atomic E-state index is -1.47. The maximum Gasteiger partial charge on any atom is 0.392 e. The molecule has 2 aliphatic rings. The van der Waals surface area contributed by atoms with E-state index in [-0.39, 0.29) is 84.1 Å². The molecule has 1 unspecified atom stereocenters. The Balaban J connectivity index is 0.994. The average Bonchev–Trinajstić information content (AvgIpc) is 1.73. The predicted octanol–water partition coefficient (Wildman–Crippen LogP) is 8.55. The molecule has 10 bridgehead atoms. The van der Waals surface area contributed by atoms with Gasteiger partial charge < -0.3 is 51.1 Å². The number of amides is 6. The Morgan fingerprint density at radius 1 is 0.707 bits per heavy atom. The van der Waals surface area contributed by atoms with Crippen LogP contribution in [0.3, 0.4) is 0 Å². The number of pyridine rings is 1. The summed E-state index contributed by atoms with van der Waals surface area (Å²) in [5.74, 6) is -8.34. The molecule has 9 aromatic rings. The Morgan fingerprint density at radius 2 is 1.40 bits per heavy atom. The number of oxazole rings is 1. The van der Waals surface area contributed by atoms with Crippen LogP contribution in [0.25, 0.3) is 43.4 Å². The van der Waals surface area contributed by atoms with Crippen molar-refractivity contribution in [3.8, 4) is 43.4 Å². The molecule has 1 aromatic carbocycles. The second kappa shape index (κ2) is 27.9. The Hall–Kier alpha value is -8.96. The first kappa shape index (κ1) is 64.6. The Labute approximate surface area is 546 Å². The number of thiazole rings is 6. The molecule has 8 aromatic heterocycles. The summed E-state index contributed by atoms with van der Waals surface area (Å²) in [6.07, 6.45) is 0.517. The van der Waals surface area contributed by atoms with E-state index in [0.29, 0.717) is 63.0 Å². The number of carboxylic acids is 2. The van der Waals surface area contributed by atoms with Gasteiger partial charge in [0.1, 0.15) is 76.4 Å². The number of aromatic nitrogens is 8. The van der Waals surface area contributed by atoms with Crippen molar-refractivity contribution in [1.29, 1.82) is 0 Å². The lowest BCUT2D eigenvalue weighted by atomic mass is 9.81. The van der Waals surface area contributed by atoms with Crippen molar-refractivity contribution in [2.24, 2.45) is 17.8 Å². The molecule has 1 saturated carbocycles. The predicted molar refractivity (Wildman–Crippen MR) is 341 cm³/mol. The quantitative estimate of drug-likeness (QED) is 0.0535. The summed E-state index contributed by atoms with van der Waals surface area (Å²) in [7, 11) is 2.91. The van der Waals surface area contributed by atoms with Gasteiger partial charge in [0.15, 0.2) is 5.82 Å². The van der Waals surface area contributed by atoms with Crippen LogP contribution in [-0.4, -0.2) is 123 Å². The van der Waals surface area contributed by atoms with E-state index in [1.54, 1.807) is 65.5 Å². The molecule has 6 amide bonds. The molecule has 1 aliphatic carbocycles. The van der Waals surface area contributed by atoms with Crippen molar-refractivity contribution in [3.05, 3.63) is 123 Å². The molecule has 1 fully saturated rings. The monoisotopic (exact) mass is 1360 g/mol. The number of aryl methyl sites for hydroxylation is 1. The molecule has 1 aliphatic heterocycles. The number of anilines is 2. The van der Waals surface area contributed by atoms with Crippen molar-refractivity contribution >= 4 is 127 Å². The number of rotatable bonds is 13. The number of nitrogens with zero attached hydrogens (tertiary/aromatic N) is 9. The molecule has 8 N–H and O–H groups in total. The van der Waals surface area contributed by atoms with Gasteiger partial charge in [-0.1, -0.05) is 44.2 Å². The van der Waals surface area contributed by atoms with E-state index in [4.69, 9.17) is 39.1 Å². The van der Waals surface area contributed by atoms with Crippen molar-refractivity contribution in [3.63, 3.8) is 0 Å². The molecule has 0 saturated heterocycles. The largest absolute Gasteiger partial charge is 0.481 e. The Kier molecular flexibility index (Phi) is 19.6. The highest BCUT2D eigenvalue weighted by Crippen LogP contribution is 2.42. The van der Waals surface area contributed by atoms with Gasteiger partial charge in [-0.2, -0.15) is 0 Å². The van der Waals surface area contributed by atoms with Gasteiger partial charge in [-0.3, -0.25) is 33.6 Å². The lowest BCUT2D eigenvalue weighted by Crippen LogP contribution is -2.40. The number of aromatic carboxylic acids is 1. The molecule has 0 spiro atoms. The number of carboxylic acid groups (broad SMARTS) is 2. The fourth-order valence-electron chi connectivity index (χ4n) is 10.3. The van der Waals surface area contributed by atoms with Crippen molar-refractivity contribution in [2.75, 3.05) is 25.6 Å². The molecule has 11 rings (SSSR count). The van der Waals surface area contributed by atoms with Crippen LogP contribution in [0.4, 0.5) is 11.7 Å². The zero-order valence-corrected chi connectivity index (χ0v) is 54.2. The Morgan fingerprint density at radius 3 is 2.12 bits per heavy atom. The summed E-state index contributed by atoms with van der Waals surface area (Å²) in [6, 6.07) is 9.13. The number of benzene rings is 1. The van der Waals surface area contributed by atoms with Gasteiger partial charge in [0, 0.05) is 52.0 Å². The second-order valence-electron chi connectivity index (χ2n) is 21.5. The number of hydrogen-bond donors (Lipinski definition) is 8. The number of hydrogen-bond acceptors (Lipinski definition) is 25. The van der Waals surface area contributed by atoms with Gasteiger partial charge in [-0.15, -0.1) is 68.0 Å². The molecule has 476 valence electrons. The summed E-state index contributed by atoms with van der Waals surface area (Å²) in [5, 5.41) is 53.9. The van der Waals surface area contributed by atoms with Gasteiger partial charge in [0.25, 0.3) is 17.7 Å². The van der Waals surface area contributed by atoms with Crippen LogP contribution >= 0.6 is 68.0 Å². The van der Waals surface area contributed by atoms with E-state index >= 15 is 0 Å². The first-order valence-electron chi connectivity index (χ1n) is 28.4. The number of fused-ring (bicyclic) bond motifs is 14. The molecule has 4 atom stereocenters. The third kappa shape index (κ3) is 13.9. The first-order valence-corrected chi connectivity index (χ1v) is 33.6. The van der Waals surface area contributed by atoms with E-state index in [1.807, 2.05) is 13.8 Å². The zero-order chi connectivity index (χ0) is 65.1. The standard InChI is InChI=1S/C59H56N14O13S6/c1-25(2)41-56-72-44(36(92-56)20-85-5)48(78)61-18-39(75)69-45(46(76)27-9-7-6-8-10-27)55-67-35(23-89-55)53-65-33(21-88-53)43-30(51-66-34(22-87-51)47(77)64-32(17-38(74)60-4)54-71-42(26(3)91-54)49(79)70-41)15-16-31(63-43)52-68-37(24-90-52)73(40-19-62-50(86-40)59(83)84)57(80)28-11-13-29(14-12-28)58(81)82/h6-10,15-16,19,21-25,28-29,32,41,45-46,76H,11-14,17-18,20H2,1-5H3,(H,60,74)(H,61,78)(H,64,77)(H,69,75)(H,70,79)(H,81,82)(H,83,84)/t28?,29?,32-,41?,45-,46-/m0/s1. The average molecular weight is 1360 g/mol. The van der Waals surface area contributed by atoms with Crippen LogP contribution in [0, 0.1) is 24.7 Å². The van der Waals surface area contributed by atoms with Gasteiger partial charge in [-0.05, 0) is 56.2 Å². The summed E-state index contributed by atoms with van der Waals surface area (Å²) in [4.78, 5) is 148. The molecule has 9 heterocycles. The van der Waals surface area contributed by atoms with Gasteiger partial charge in [0.05, 0.1) is 54.3 Å². The highest BCUT2D eigenvalue weighted by Gasteiger charge is 2.37. The number of methoxy groups -OCH3 is 1. The maximum absolute atomic E-state index is 14.4. The molecule has 0 radical (unpaired) electrons. The van der Waals surface area contributed by atoms with Crippen LogP contribution in [0.5, 0.6) is 0 Å². The van der Waals surface area contributed by atoms with E-state index in [9.17, 15) is 53.7 Å². The number of aliphatic hydroxyl groups is 1. The highest BCUT2D eigenvalue weighted by molar-refractivity contribution is 7.15. The SMILES string of the molecule is CNC(=O)C[C@@H]1NC(=O)c2csc(n2)-c2ccc(-c3nc(N(C(=O)C4CCC(C(=O)O)CC4)c4cnc(C(=O)O)o4)cs3)nc2-c2csc(n2)-c2csc(n2)[C@H]([C@@H](O)c2ccccc2)NC(=O)CNC(=O)c2nc(sc2COC)C(C(C)C)NC(=O)c2nc1sc2C. The van der Waals surface area contributed by atoms with Crippen LogP contribution in [-0.2, 0) is 30.5 Å². The topological polar surface area (TPSA) is 386 Å². The van der Waals surface area contributed by atoms with Gasteiger partial charge in [0.2, 0.25) is 23.6 Å². The normalized spacial score (nSPS) is 18.4. The number of carbonyl (C=O) groups excluding carboxylic acids is 6. The molecular formula is C59H56N14O13S6. The van der Waals surface area contributed by atoms with Gasteiger partial charge >= 0.3 is 17.8 Å². The van der Waals surface area contributed by atoms with Crippen LogP contribution in [0.1, 0.15) is 143 Å². The van der Waals surface area contributed by atoms with Crippen LogP contribution in [0.2, 0.25) is 0 Å². The number of carbonyl (C=O) groups is 8. The fourth-order valence-corrected chi connectivity index (χ4v) is 15.8. The highest BCUT2D eigenvalue weighted by atomic mass is 32.1. The lowest BCUT2D eigenvalue weighted by molar-refractivity contribution is -0.144. The van der Waals surface area contributed by atoms with Crippen LogP contribution < -0.4 is 31.5 Å². The van der Waals surface area contributed by atoms with Crippen molar-refractivity contribution in [2.45, 2.75) is 83.7 Å². The van der Waals surface area contributed by atoms with E-state index in [0.717, 1.165) is 67.8 Å². The Bertz CT molecular complexity index is 4280. The first-order chi connectivity index (χ1) is 44.2. The van der Waals surface area contributed by atoms with Crippen molar-refractivity contribution < 1.29 is 62.8 Å². The third-order valence-corrected chi connectivity index (χ3v) is 20.7. The molecule has 92 heavy (non-hydrogen) atoms. The minimum absolute atomic E-state index is 0.0196. The smallest absolute Gasteiger partial charge is 0.392 e. The number of aliphatic carboxylic acids is 1. The second-order valence-corrected chi connectivity index (χ2v) is 27.3. The van der Waals surface area contributed by atoms with Crippen molar-refractivity contribution in [1.82, 2.24) is 66.5 Å². The zero-order valence-electron chi connectivity index (χ0n) is 49.3. The number of aliphatic hydroxyl groups excluding tert-OH is 1. The van der Waals surface area contributed by atoms with Crippen LogP contribution in [0.15, 0.2) is 74.6 Å². The van der Waals surface area contributed by atoms with Gasteiger partial charge in [-0.25, -0.2) is 49.6 Å². The minimum Gasteiger partial charge on any atom is -0.481 e. The molecular weight excluding hydrogens is 1310 g/mol. The summed E-state index contributed by atoms with van der Waals surface area (Å²) in [6.45, 7) is 4.86. The van der Waals surface area contributed by atoms with E-state index in [1.165, 1.54) is 30.9 Å². The summed E-state index contributed by atoms with van der Waals surface area (Å²) >= 11 is 6.86. The number of ether oxygens (including phenoxy) is 1. The molecule has 33 heteroatoms. The maximum atomic E-state index is 14.4. The fraction of sp³-hybridized carbons (Fsp3) is 0.322. The lowest BCUT2D eigenvalue weighted by Gasteiger charge is -2.28. The van der Waals surface area contributed by atoms with E-state index in [2.05, 4.69) is 36.6 Å². The van der Waals surface area contributed by atoms with E-state index < -0.39 is 95.9 Å². The summed E-state index contributed by atoms with van der Waals surface area (Å²) in [5.41, 5.74) is 2.12. The third-order valence-electron chi connectivity index (χ3n) is 15.0.